The minimum Gasteiger partial charge on any atom is -0.337 e. The number of nitrogens with zero attached hydrogens (tertiary/aromatic N) is 4. The fraction of sp³-hybridized carbons (Fsp3) is 0.533. The molecule has 0 bridgehead atoms. The van der Waals surface area contributed by atoms with E-state index in [0.29, 0.717) is 17.8 Å². The number of piperidine rings is 1. The molecule has 22 heavy (non-hydrogen) atoms. The van der Waals surface area contributed by atoms with Crippen LogP contribution in [0.3, 0.4) is 0 Å². The topological polar surface area (TPSA) is 76.5 Å². The Balaban J connectivity index is 0.00000176. The van der Waals surface area contributed by atoms with Crippen molar-refractivity contribution in [1.29, 1.82) is 0 Å². The molecule has 2 N–H and O–H groups in total. The summed E-state index contributed by atoms with van der Waals surface area (Å²) in [5.74, 6) is -0.00449. The lowest BCUT2D eigenvalue weighted by Crippen LogP contribution is -2.45. The summed E-state index contributed by atoms with van der Waals surface area (Å²) in [6.45, 7) is 7.13. The molecule has 0 saturated carbocycles. The molecule has 3 heterocycles. The number of nitrogens with two attached hydrogens (primary N) is 1. The fourth-order valence-corrected chi connectivity index (χ4v) is 3.03. The third-order valence-electron chi connectivity index (χ3n) is 4.03. The lowest BCUT2D eigenvalue weighted by molar-refractivity contribution is 0.0710. The average molecular weight is 324 g/mol. The highest BCUT2D eigenvalue weighted by Crippen LogP contribution is 2.20. The highest BCUT2D eigenvalue weighted by atomic mass is 35.5. The van der Waals surface area contributed by atoms with Gasteiger partial charge in [0.25, 0.3) is 5.91 Å². The van der Waals surface area contributed by atoms with Crippen LogP contribution in [-0.4, -0.2) is 44.5 Å². The first-order valence-electron chi connectivity index (χ1n) is 7.36. The fourth-order valence-electron chi connectivity index (χ4n) is 3.03. The summed E-state index contributed by atoms with van der Waals surface area (Å²) in [5, 5.41) is 4.46. The molecule has 0 aromatic carbocycles. The van der Waals surface area contributed by atoms with Crippen LogP contribution in [0, 0.1) is 20.8 Å². The summed E-state index contributed by atoms with van der Waals surface area (Å²) in [5.41, 5.74) is 9.84. The molecule has 120 valence electrons. The lowest BCUT2D eigenvalue weighted by Gasteiger charge is -2.30. The van der Waals surface area contributed by atoms with Gasteiger partial charge in [-0.2, -0.15) is 5.10 Å². The zero-order valence-corrected chi connectivity index (χ0v) is 14.0. The highest BCUT2D eigenvalue weighted by Gasteiger charge is 2.27. The van der Waals surface area contributed by atoms with Gasteiger partial charge in [0, 0.05) is 30.5 Å². The number of aromatic nitrogens is 3. The lowest BCUT2D eigenvalue weighted by atomic mass is 10.1. The van der Waals surface area contributed by atoms with Gasteiger partial charge in [-0.15, -0.1) is 12.4 Å². The predicted molar refractivity (Wildman–Crippen MR) is 87.6 cm³/mol. The molecule has 1 saturated heterocycles. The normalized spacial score (nSPS) is 18.4. The second kappa shape index (κ2) is 6.22. The zero-order chi connectivity index (χ0) is 15.1. The van der Waals surface area contributed by atoms with Gasteiger partial charge in [-0.05, 0) is 39.7 Å². The minimum absolute atomic E-state index is 0. The van der Waals surface area contributed by atoms with Crippen molar-refractivity contribution in [3.8, 4) is 0 Å². The number of carbonyl (C=O) groups is 1. The molecule has 0 radical (unpaired) electrons. The predicted octanol–water partition coefficient (Wildman–Crippen LogP) is 1.64. The number of halogens is 1. The van der Waals surface area contributed by atoms with E-state index in [1.165, 1.54) is 0 Å². The van der Waals surface area contributed by atoms with Gasteiger partial charge in [0.1, 0.15) is 5.56 Å². The van der Waals surface area contributed by atoms with Crippen LogP contribution < -0.4 is 5.73 Å². The second-order valence-corrected chi connectivity index (χ2v) is 5.89. The summed E-state index contributed by atoms with van der Waals surface area (Å²) < 4.78 is 1.75. The smallest absolute Gasteiger partial charge is 0.259 e. The van der Waals surface area contributed by atoms with Crippen molar-refractivity contribution in [2.24, 2.45) is 5.73 Å². The molecule has 1 amide bonds. The van der Waals surface area contributed by atoms with Crippen LogP contribution in [0.4, 0.5) is 0 Å². The van der Waals surface area contributed by atoms with Gasteiger partial charge in [0.2, 0.25) is 0 Å². The molecule has 1 unspecified atom stereocenters. The van der Waals surface area contributed by atoms with Crippen molar-refractivity contribution in [3.63, 3.8) is 0 Å². The molecular weight excluding hydrogens is 302 g/mol. The van der Waals surface area contributed by atoms with Crippen LogP contribution in [0.2, 0.25) is 0 Å². The Morgan fingerprint density at radius 2 is 2.09 bits per heavy atom. The summed E-state index contributed by atoms with van der Waals surface area (Å²) in [7, 11) is 0. The summed E-state index contributed by atoms with van der Waals surface area (Å²) in [6.07, 6.45) is 1.94. The van der Waals surface area contributed by atoms with Gasteiger partial charge in [0.05, 0.1) is 5.69 Å². The van der Waals surface area contributed by atoms with Gasteiger partial charge in [-0.1, -0.05) is 0 Å². The largest absolute Gasteiger partial charge is 0.337 e. The molecule has 2 aromatic rings. The van der Waals surface area contributed by atoms with E-state index >= 15 is 0 Å². The van der Waals surface area contributed by atoms with E-state index in [2.05, 4.69) is 10.1 Å². The Bertz CT molecular complexity index is 712. The molecule has 7 heteroatoms. The molecular formula is C15H22ClN5O. The molecule has 0 spiro atoms. The Labute approximate surface area is 136 Å². The maximum Gasteiger partial charge on any atom is 0.259 e. The maximum absolute atomic E-state index is 12.8. The first-order valence-corrected chi connectivity index (χ1v) is 7.36. The molecule has 1 aliphatic heterocycles. The standard InChI is InChI=1S/C15H21N5O.ClH/c1-9-7-10(2)20-14(17-9)13(11(3)18-20)15(21)19-6-4-5-12(16)8-19;/h7,12H,4-6,8,16H2,1-3H3;1H. The van der Waals surface area contributed by atoms with Gasteiger partial charge in [0.15, 0.2) is 5.65 Å². The van der Waals surface area contributed by atoms with Crippen LogP contribution in [0.5, 0.6) is 0 Å². The number of likely N-dealkylation sites (tertiary alicyclic amines) is 1. The van der Waals surface area contributed by atoms with Gasteiger partial charge in [-0.25, -0.2) is 9.50 Å². The number of rotatable bonds is 1. The first kappa shape index (κ1) is 16.7. The Morgan fingerprint density at radius 3 is 2.77 bits per heavy atom. The SMILES string of the molecule is Cc1cc(C)n2nc(C)c(C(=O)N3CCCC(N)C3)c2n1.Cl. The van der Waals surface area contributed by atoms with Crippen molar-refractivity contribution in [2.75, 3.05) is 13.1 Å². The van der Waals surface area contributed by atoms with Crippen LogP contribution in [-0.2, 0) is 0 Å². The number of fused-ring (bicyclic) bond motifs is 1. The van der Waals surface area contributed by atoms with Crippen molar-refractivity contribution >= 4 is 24.0 Å². The van der Waals surface area contributed by atoms with Crippen LogP contribution >= 0.6 is 12.4 Å². The highest BCUT2D eigenvalue weighted by molar-refractivity contribution is 6.01. The molecule has 0 aliphatic carbocycles. The van der Waals surface area contributed by atoms with Crippen LogP contribution in [0.1, 0.15) is 40.3 Å². The number of carbonyl (C=O) groups excluding carboxylic acids is 1. The number of hydrogen-bond donors (Lipinski definition) is 1. The Hall–Kier alpha value is -1.66. The van der Waals surface area contributed by atoms with Crippen molar-refractivity contribution in [2.45, 2.75) is 39.7 Å². The summed E-state index contributed by atoms with van der Waals surface area (Å²) in [4.78, 5) is 19.2. The van der Waals surface area contributed by atoms with E-state index < -0.39 is 0 Å². The average Bonchev–Trinajstić information content (AvgIpc) is 2.74. The van der Waals surface area contributed by atoms with Crippen molar-refractivity contribution in [3.05, 3.63) is 28.7 Å². The van der Waals surface area contributed by atoms with E-state index in [1.807, 2.05) is 31.7 Å². The van der Waals surface area contributed by atoms with E-state index in [4.69, 9.17) is 5.73 Å². The zero-order valence-electron chi connectivity index (χ0n) is 13.2. The molecule has 1 fully saturated rings. The second-order valence-electron chi connectivity index (χ2n) is 5.89. The van der Waals surface area contributed by atoms with Crippen molar-refractivity contribution in [1.82, 2.24) is 19.5 Å². The summed E-state index contributed by atoms with van der Waals surface area (Å²) >= 11 is 0. The van der Waals surface area contributed by atoms with E-state index in [9.17, 15) is 4.79 Å². The summed E-state index contributed by atoms with van der Waals surface area (Å²) in [6, 6.07) is 2.03. The molecule has 2 aromatic heterocycles. The third kappa shape index (κ3) is 2.80. The Morgan fingerprint density at radius 1 is 1.36 bits per heavy atom. The van der Waals surface area contributed by atoms with E-state index in [-0.39, 0.29) is 24.4 Å². The quantitative estimate of drug-likeness (QED) is 0.865. The first-order chi connectivity index (χ1) is 9.97. The number of hydrogen-bond acceptors (Lipinski definition) is 4. The van der Waals surface area contributed by atoms with E-state index in [0.717, 1.165) is 36.5 Å². The van der Waals surface area contributed by atoms with Crippen molar-refractivity contribution < 1.29 is 4.79 Å². The third-order valence-corrected chi connectivity index (χ3v) is 4.03. The maximum atomic E-state index is 12.8. The molecule has 1 aliphatic rings. The van der Waals surface area contributed by atoms with E-state index in [1.54, 1.807) is 4.52 Å². The minimum atomic E-state index is -0.00449. The van der Waals surface area contributed by atoms with Crippen LogP contribution in [0.15, 0.2) is 6.07 Å². The molecule has 6 nitrogen and oxygen atoms in total. The molecule has 1 atom stereocenters. The Kier molecular flexibility index (Phi) is 4.72. The van der Waals surface area contributed by atoms with Gasteiger partial charge in [-0.3, -0.25) is 4.79 Å². The molecule has 3 rings (SSSR count). The monoisotopic (exact) mass is 323 g/mol. The van der Waals surface area contributed by atoms with Gasteiger partial charge >= 0.3 is 0 Å². The number of amides is 1. The van der Waals surface area contributed by atoms with Gasteiger partial charge < -0.3 is 10.6 Å². The number of aryl methyl sites for hydroxylation is 3. The van der Waals surface area contributed by atoms with Crippen LogP contribution in [0.25, 0.3) is 5.65 Å².